The molecule has 1 amide bonds. The summed E-state index contributed by atoms with van der Waals surface area (Å²) >= 11 is 0. The van der Waals surface area contributed by atoms with Crippen molar-refractivity contribution < 1.29 is 14.3 Å². The molecule has 8 nitrogen and oxygen atoms in total. The third-order valence-corrected chi connectivity index (χ3v) is 3.61. The van der Waals surface area contributed by atoms with E-state index < -0.39 is 5.43 Å². The quantitative estimate of drug-likeness (QED) is 0.487. The molecule has 0 aliphatic rings. The first-order valence-corrected chi connectivity index (χ1v) is 8.41. The van der Waals surface area contributed by atoms with Gasteiger partial charge in [0.1, 0.15) is 5.75 Å². The minimum atomic E-state index is -0.483. The van der Waals surface area contributed by atoms with Gasteiger partial charge in [0.2, 0.25) is 11.3 Å². The molecular weight excluding hydrogens is 336 g/mol. The highest BCUT2D eigenvalue weighted by atomic mass is 16.5. The number of amides is 1. The fourth-order valence-electron chi connectivity index (χ4n) is 2.34. The van der Waals surface area contributed by atoms with Crippen LogP contribution in [0.3, 0.4) is 0 Å². The summed E-state index contributed by atoms with van der Waals surface area (Å²) in [4.78, 5) is 36.5. The Bertz CT molecular complexity index is 902. The number of ketones is 1. The largest absolute Gasteiger partial charge is 0.492 e. The van der Waals surface area contributed by atoms with E-state index >= 15 is 0 Å². The zero-order valence-electron chi connectivity index (χ0n) is 14.8. The summed E-state index contributed by atoms with van der Waals surface area (Å²) in [6.45, 7) is 4.29. The fourth-order valence-corrected chi connectivity index (χ4v) is 2.34. The molecule has 0 aliphatic carbocycles. The summed E-state index contributed by atoms with van der Waals surface area (Å²) in [5.74, 6) is -0.320. The van der Waals surface area contributed by atoms with Crippen molar-refractivity contribution >= 4 is 28.3 Å². The van der Waals surface area contributed by atoms with Crippen LogP contribution in [0.4, 0.5) is 5.69 Å². The van der Waals surface area contributed by atoms with E-state index in [-0.39, 0.29) is 29.2 Å². The molecule has 0 spiro atoms. The van der Waals surface area contributed by atoms with E-state index in [9.17, 15) is 14.4 Å². The lowest BCUT2D eigenvalue weighted by molar-refractivity contribution is -0.111. The van der Waals surface area contributed by atoms with Gasteiger partial charge in [-0.15, -0.1) is 0 Å². The number of anilines is 1. The Balaban J connectivity index is 2.50. The number of carbonyl (C=O) groups excluding carboxylic acids is 2. The third-order valence-electron chi connectivity index (χ3n) is 3.61. The number of benzene rings is 1. The second kappa shape index (κ2) is 8.91. The van der Waals surface area contributed by atoms with Crippen molar-refractivity contribution in [1.29, 1.82) is 0 Å². The molecule has 0 fully saturated rings. The average Bonchev–Trinajstić information content (AvgIpc) is 2.63. The van der Waals surface area contributed by atoms with Gasteiger partial charge in [-0.3, -0.25) is 19.5 Å². The number of Topliss-reactive ketones (excluding diaryl/α,β-unsaturated/α-hetero) is 1. The van der Waals surface area contributed by atoms with Gasteiger partial charge in [0.05, 0.1) is 23.2 Å². The van der Waals surface area contributed by atoms with Crippen LogP contribution in [0, 0.1) is 0 Å². The maximum Gasteiger partial charge on any atom is 0.248 e. The molecule has 0 saturated carbocycles. The van der Waals surface area contributed by atoms with Crippen LogP contribution in [0.25, 0.3) is 10.9 Å². The van der Waals surface area contributed by atoms with Crippen molar-refractivity contribution in [3.05, 3.63) is 40.2 Å². The number of hydrogen-bond acceptors (Lipinski definition) is 6. The fraction of sp³-hybridized carbons (Fsp3) is 0.333. The van der Waals surface area contributed by atoms with Gasteiger partial charge in [-0.1, -0.05) is 13.0 Å². The molecule has 1 heterocycles. The van der Waals surface area contributed by atoms with Crippen molar-refractivity contribution in [2.75, 3.05) is 18.5 Å². The molecule has 0 unspecified atom stereocenters. The van der Waals surface area contributed by atoms with Crippen molar-refractivity contribution in [2.45, 2.75) is 26.7 Å². The molecular formula is C18H22N4O4. The van der Waals surface area contributed by atoms with Gasteiger partial charge in [0.25, 0.3) is 0 Å². The maximum absolute atomic E-state index is 12.6. The van der Waals surface area contributed by atoms with Crippen LogP contribution >= 0.6 is 0 Å². The van der Waals surface area contributed by atoms with Crippen molar-refractivity contribution in [2.24, 2.45) is 5.73 Å². The highest BCUT2D eigenvalue weighted by Gasteiger charge is 2.16. The molecule has 0 atom stereocenters. The maximum atomic E-state index is 12.6. The van der Waals surface area contributed by atoms with Crippen molar-refractivity contribution in [3.63, 3.8) is 0 Å². The Kier molecular flexibility index (Phi) is 6.62. The minimum Gasteiger partial charge on any atom is -0.492 e. The van der Waals surface area contributed by atoms with Gasteiger partial charge >= 0.3 is 0 Å². The second-order valence-corrected chi connectivity index (χ2v) is 5.47. The number of nitrogens with zero attached hydrogens (tertiary/aromatic N) is 1. The summed E-state index contributed by atoms with van der Waals surface area (Å²) in [6.07, 6.45) is 3.78. The first-order valence-electron chi connectivity index (χ1n) is 8.41. The monoisotopic (exact) mass is 358 g/mol. The average molecular weight is 358 g/mol. The number of nitrogens with one attached hydrogen (secondary N) is 2. The first kappa shape index (κ1) is 19.3. The normalized spacial score (nSPS) is 11.0. The SMILES string of the molecule is CCOc1cc2[nH]nc(C(=O)CC)c(=O)c2cc1NC(=O)/C=C/CCN. The third kappa shape index (κ3) is 4.34. The molecule has 1 aromatic carbocycles. The molecule has 0 saturated heterocycles. The van der Waals surface area contributed by atoms with Gasteiger partial charge in [-0.2, -0.15) is 5.10 Å². The van der Waals surface area contributed by atoms with E-state index in [1.165, 1.54) is 12.1 Å². The molecule has 0 radical (unpaired) electrons. The summed E-state index contributed by atoms with van der Waals surface area (Å²) in [6, 6.07) is 3.06. The number of aromatic nitrogens is 2. The number of carbonyl (C=O) groups is 2. The van der Waals surface area contributed by atoms with E-state index in [2.05, 4.69) is 15.5 Å². The van der Waals surface area contributed by atoms with Crippen LogP contribution in [-0.2, 0) is 4.79 Å². The lowest BCUT2D eigenvalue weighted by Crippen LogP contribution is -2.19. The number of ether oxygens (including phenoxy) is 1. The molecule has 0 bridgehead atoms. The highest BCUT2D eigenvalue weighted by molar-refractivity contribution is 6.03. The van der Waals surface area contributed by atoms with E-state index in [0.717, 1.165) is 0 Å². The summed E-state index contributed by atoms with van der Waals surface area (Å²) < 4.78 is 5.53. The van der Waals surface area contributed by atoms with E-state index in [4.69, 9.17) is 10.5 Å². The summed E-state index contributed by atoms with van der Waals surface area (Å²) in [5, 5.41) is 9.51. The number of aromatic amines is 1. The Labute approximate surface area is 150 Å². The van der Waals surface area contributed by atoms with Crippen LogP contribution in [0.2, 0.25) is 0 Å². The predicted molar refractivity (Wildman–Crippen MR) is 99.6 cm³/mol. The molecule has 0 aliphatic heterocycles. The van der Waals surface area contributed by atoms with Crippen LogP contribution < -0.4 is 21.2 Å². The smallest absolute Gasteiger partial charge is 0.248 e. The lowest BCUT2D eigenvalue weighted by Gasteiger charge is -2.12. The Hall–Kier alpha value is -3.00. The Morgan fingerprint density at radius 1 is 1.35 bits per heavy atom. The zero-order valence-corrected chi connectivity index (χ0v) is 14.8. The van der Waals surface area contributed by atoms with E-state index in [1.54, 1.807) is 26.0 Å². The zero-order chi connectivity index (χ0) is 19.1. The molecule has 2 aromatic rings. The van der Waals surface area contributed by atoms with Crippen molar-refractivity contribution in [1.82, 2.24) is 10.2 Å². The molecule has 138 valence electrons. The topological polar surface area (TPSA) is 127 Å². The number of rotatable bonds is 8. The molecule has 1 aromatic heterocycles. The summed E-state index contributed by atoms with van der Waals surface area (Å²) in [7, 11) is 0. The minimum absolute atomic E-state index is 0.149. The van der Waals surface area contributed by atoms with Crippen LogP contribution in [0.5, 0.6) is 5.75 Å². The van der Waals surface area contributed by atoms with Gasteiger partial charge < -0.3 is 15.8 Å². The number of hydrogen-bond donors (Lipinski definition) is 3. The lowest BCUT2D eigenvalue weighted by atomic mass is 10.1. The van der Waals surface area contributed by atoms with E-state index in [0.29, 0.717) is 36.5 Å². The predicted octanol–water partition coefficient (Wildman–Crippen LogP) is 1.76. The van der Waals surface area contributed by atoms with Gasteiger partial charge in [-0.25, -0.2) is 0 Å². The number of nitrogens with two attached hydrogens (primary N) is 1. The van der Waals surface area contributed by atoms with Gasteiger partial charge in [-0.05, 0) is 32.0 Å². The van der Waals surface area contributed by atoms with Gasteiger partial charge in [0, 0.05) is 12.5 Å². The number of fused-ring (bicyclic) bond motifs is 1. The van der Waals surface area contributed by atoms with Crippen molar-refractivity contribution in [3.8, 4) is 5.75 Å². The molecule has 26 heavy (non-hydrogen) atoms. The number of H-pyrrole nitrogens is 1. The van der Waals surface area contributed by atoms with E-state index in [1.807, 2.05) is 0 Å². The molecule has 4 N–H and O–H groups in total. The Morgan fingerprint density at radius 3 is 2.77 bits per heavy atom. The second-order valence-electron chi connectivity index (χ2n) is 5.47. The highest BCUT2D eigenvalue weighted by Crippen LogP contribution is 2.28. The summed E-state index contributed by atoms with van der Waals surface area (Å²) in [5.41, 5.74) is 5.51. The standard InChI is InChI=1S/C18H22N4O4/c1-3-14(23)17-18(25)11-9-13(20-16(24)7-5-6-8-19)15(26-4-2)10-12(11)21-22-17/h5,7,9-10H,3-4,6,8,19H2,1-2H3,(H,20,24)(H,21,25)/b7-5+. The van der Waals surface area contributed by atoms with Crippen LogP contribution in [-0.4, -0.2) is 35.0 Å². The van der Waals surface area contributed by atoms with Gasteiger partial charge in [0.15, 0.2) is 11.5 Å². The van der Waals surface area contributed by atoms with Crippen LogP contribution in [0.15, 0.2) is 29.1 Å². The molecule has 2 rings (SSSR count). The van der Waals surface area contributed by atoms with Crippen LogP contribution in [0.1, 0.15) is 37.2 Å². The first-order chi connectivity index (χ1) is 12.5. The Morgan fingerprint density at radius 2 is 2.12 bits per heavy atom. The molecule has 8 heteroatoms.